The topological polar surface area (TPSA) is 83.9 Å². The van der Waals surface area contributed by atoms with Crippen LogP contribution in [0.5, 0.6) is 0 Å². The van der Waals surface area contributed by atoms with E-state index in [9.17, 15) is 18.0 Å². The van der Waals surface area contributed by atoms with E-state index in [1.165, 1.54) is 25.2 Å². The molecule has 3 N–H and O–H groups in total. The first-order valence-electron chi connectivity index (χ1n) is 9.58. The number of carbonyl (C=O) groups excluding carboxylic acids is 1. The van der Waals surface area contributed by atoms with Crippen LogP contribution in [0, 0.1) is 6.92 Å². The van der Waals surface area contributed by atoms with E-state index in [1.807, 2.05) is 13.8 Å². The van der Waals surface area contributed by atoms with Crippen LogP contribution >= 0.6 is 0 Å². The molecule has 0 fully saturated rings. The third-order valence-corrected chi connectivity index (χ3v) is 4.59. The summed E-state index contributed by atoms with van der Waals surface area (Å²) >= 11 is 0. The van der Waals surface area contributed by atoms with Crippen LogP contribution in [-0.2, 0) is 6.18 Å². The number of para-hydroxylation sites is 1. The molecule has 0 saturated heterocycles. The van der Waals surface area contributed by atoms with E-state index in [0.29, 0.717) is 11.4 Å². The Hall–Kier alpha value is -3.56. The van der Waals surface area contributed by atoms with Gasteiger partial charge in [0.05, 0.1) is 33.9 Å². The van der Waals surface area contributed by atoms with Crippen LogP contribution in [0.4, 0.5) is 36.1 Å². The highest BCUT2D eigenvalue weighted by molar-refractivity contribution is 6.00. The Labute approximate surface area is 177 Å². The Morgan fingerprint density at radius 3 is 2.42 bits per heavy atom. The predicted molar refractivity (Wildman–Crippen MR) is 113 cm³/mol. The zero-order chi connectivity index (χ0) is 22.8. The van der Waals surface area contributed by atoms with Crippen molar-refractivity contribution in [3.05, 3.63) is 59.5 Å². The SMILES string of the molecule is CNC(=O)c1ccccc1Nc1cc(Nc2cn(C(C)C)nc2C)ncc1C(F)(F)F. The van der Waals surface area contributed by atoms with Crippen molar-refractivity contribution in [1.29, 1.82) is 0 Å². The summed E-state index contributed by atoms with van der Waals surface area (Å²) in [6.45, 7) is 5.74. The molecule has 7 nitrogen and oxygen atoms in total. The lowest BCUT2D eigenvalue weighted by Crippen LogP contribution is -2.19. The highest BCUT2D eigenvalue weighted by Gasteiger charge is 2.34. The molecule has 0 aliphatic heterocycles. The molecule has 0 spiro atoms. The molecule has 1 aromatic carbocycles. The van der Waals surface area contributed by atoms with Gasteiger partial charge in [-0.1, -0.05) is 12.1 Å². The zero-order valence-electron chi connectivity index (χ0n) is 17.5. The highest BCUT2D eigenvalue weighted by Crippen LogP contribution is 2.37. The maximum Gasteiger partial charge on any atom is 0.419 e. The summed E-state index contributed by atoms with van der Waals surface area (Å²) in [5.74, 6) is -0.208. The van der Waals surface area contributed by atoms with Gasteiger partial charge in [-0.05, 0) is 32.9 Å². The van der Waals surface area contributed by atoms with Crippen molar-refractivity contribution < 1.29 is 18.0 Å². The standard InChI is InChI=1S/C21H23F3N6O/c1-12(2)30-11-18(13(3)29-30)28-19-9-17(15(10-26-19)21(22,23)24)27-16-8-6-5-7-14(16)20(31)25-4/h5-12H,1-4H3,(H,25,31)(H2,26,27,28). The summed E-state index contributed by atoms with van der Waals surface area (Å²) in [6.07, 6.45) is -2.10. The van der Waals surface area contributed by atoms with E-state index in [0.717, 1.165) is 6.20 Å². The van der Waals surface area contributed by atoms with Crippen LogP contribution in [-0.4, -0.2) is 27.7 Å². The number of nitrogens with one attached hydrogen (secondary N) is 3. The molecular weight excluding hydrogens is 409 g/mol. The maximum atomic E-state index is 13.6. The molecule has 0 saturated carbocycles. The van der Waals surface area contributed by atoms with Crippen LogP contribution in [0.2, 0.25) is 0 Å². The lowest BCUT2D eigenvalue weighted by molar-refractivity contribution is -0.137. The lowest BCUT2D eigenvalue weighted by atomic mass is 10.1. The van der Waals surface area contributed by atoms with Gasteiger partial charge in [-0.2, -0.15) is 18.3 Å². The Kier molecular flexibility index (Phi) is 6.19. The largest absolute Gasteiger partial charge is 0.419 e. The number of nitrogens with zero attached hydrogens (tertiary/aromatic N) is 3. The van der Waals surface area contributed by atoms with Crippen molar-refractivity contribution in [2.75, 3.05) is 17.7 Å². The molecule has 164 valence electrons. The second-order valence-corrected chi connectivity index (χ2v) is 7.19. The number of amides is 1. The van der Waals surface area contributed by atoms with Crippen LogP contribution in [0.1, 0.15) is 41.5 Å². The number of halogens is 3. The molecule has 31 heavy (non-hydrogen) atoms. The summed E-state index contributed by atoms with van der Waals surface area (Å²) < 4.78 is 42.5. The van der Waals surface area contributed by atoms with E-state index in [-0.39, 0.29) is 28.8 Å². The number of benzene rings is 1. The fraction of sp³-hybridized carbons (Fsp3) is 0.286. The monoisotopic (exact) mass is 432 g/mol. The fourth-order valence-electron chi connectivity index (χ4n) is 2.93. The van der Waals surface area contributed by atoms with Gasteiger partial charge in [-0.15, -0.1) is 0 Å². The first-order valence-corrected chi connectivity index (χ1v) is 9.58. The number of aromatic nitrogens is 3. The molecule has 3 rings (SSSR count). The van der Waals surface area contributed by atoms with Gasteiger partial charge in [-0.25, -0.2) is 4.98 Å². The summed E-state index contributed by atoms with van der Waals surface area (Å²) in [5.41, 5.74) is 0.619. The third-order valence-electron chi connectivity index (χ3n) is 4.59. The Bertz CT molecular complexity index is 1090. The summed E-state index contributed by atoms with van der Waals surface area (Å²) in [4.78, 5) is 16.0. The summed E-state index contributed by atoms with van der Waals surface area (Å²) in [7, 11) is 1.45. The third kappa shape index (κ3) is 4.96. The first-order chi connectivity index (χ1) is 14.6. The van der Waals surface area contributed by atoms with Gasteiger partial charge in [0.1, 0.15) is 5.82 Å². The number of carbonyl (C=O) groups is 1. The molecule has 0 radical (unpaired) electrons. The first kappa shape index (κ1) is 22.1. The van der Waals surface area contributed by atoms with Crippen molar-refractivity contribution in [2.24, 2.45) is 0 Å². The van der Waals surface area contributed by atoms with Crippen LogP contribution in [0.25, 0.3) is 0 Å². The second-order valence-electron chi connectivity index (χ2n) is 7.19. The van der Waals surface area contributed by atoms with Gasteiger partial charge in [-0.3, -0.25) is 9.48 Å². The number of hydrogen-bond acceptors (Lipinski definition) is 5. The van der Waals surface area contributed by atoms with Gasteiger partial charge in [0.15, 0.2) is 0 Å². The number of rotatable bonds is 6. The van der Waals surface area contributed by atoms with E-state index >= 15 is 0 Å². The number of pyridine rings is 1. The van der Waals surface area contributed by atoms with Gasteiger partial charge in [0.2, 0.25) is 0 Å². The number of alkyl halides is 3. The molecule has 3 aromatic rings. The smallest absolute Gasteiger partial charge is 0.355 e. The average molecular weight is 432 g/mol. The van der Waals surface area contributed by atoms with Crippen molar-refractivity contribution in [3.8, 4) is 0 Å². The van der Waals surface area contributed by atoms with E-state index in [2.05, 4.69) is 26.0 Å². The molecule has 0 bridgehead atoms. The molecule has 2 heterocycles. The second kappa shape index (κ2) is 8.66. The highest BCUT2D eigenvalue weighted by atomic mass is 19.4. The Morgan fingerprint density at radius 2 is 1.81 bits per heavy atom. The van der Waals surface area contributed by atoms with Crippen molar-refractivity contribution in [3.63, 3.8) is 0 Å². The zero-order valence-corrected chi connectivity index (χ0v) is 17.5. The number of anilines is 4. The van der Waals surface area contributed by atoms with Gasteiger partial charge < -0.3 is 16.0 Å². The maximum absolute atomic E-state index is 13.6. The molecule has 0 aliphatic rings. The molecule has 2 aromatic heterocycles. The fourth-order valence-corrected chi connectivity index (χ4v) is 2.93. The molecular formula is C21H23F3N6O. The Balaban J connectivity index is 2.00. The molecule has 10 heteroatoms. The van der Waals surface area contributed by atoms with E-state index < -0.39 is 17.6 Å². The van der Waals surface area contributed by atoms with Crippen molar-refractivity contribution >= 4 is 28.8 Å². The predicted octanol–water partition coefficient (Wildman–Crippen LogP) is 5.03. The Morgan fingerprint density at radius 1 is 1.10 bits per heavy atom. The molecule has 0 aliphatic carbocycles. The number of hydrogen-bond donors (Lipinski definition) is 3. The van der Waals surface area contributed by atoms with Crippen molar-refractivity contribution in [1.82, 2.24) is 20.1 Å². The van der Waals surface area contributed by atoms with Gasteiger partial charge in [0, 0.05) is 31.5 Å². The van der Waals surface area contributed by atoms with Crippen LogP contribution < -0.4 is 16.0 Å². The van der Waals surface area contributed by atoms with Crippen LogP contribution in [0.15, 0.2) is 42.7 Å². The average Bonchev–Trinajstić information content (AvgIpc) is 3.08. The van der Waals surface area contributed by atoms with Gasteiger partial charge >= 0.3 is 6.18 Å². The van der Waals surface area contributed by atoms with Crippen molar-refractivity contribution in [2.45, 2.75) is 33.0 Å². The molecule has 0 unspecified atom stereocenters. The summed E-state index contributed by atoms with van der Waals surface area (Å²) in [5, 5.41) is 12.6. The normalized spacial score (nSPS) is 11.5. The minimum atomic E-state index is -4.63. The lowest BCUT2D eigenvalue weighted by Gasteiger charge is -2.17. The molecule has 1 amide bonds. The number of aryl methyl sites for hydroxylation is 1. The quantitative estimate of drug-likeness (QED) is 0.509. The minimum Gasteiger partial charge on any atom is -0.355 e. The van der Waals surface area contributed by atoms with E-state index in [4.69, 9.17) is 0 Å². The van der Waals surface area contributed by atoms with Gasteiger partial charge in [0.25, 0.3) is 5.91 Å². The molecule has 0 atom stereocenters. The van der Waals surface area contributed by atoms with E-state index in [1.54, 1.807) is 29.9 Å². The summed E-state index contributed by atoms with van der Waals surface area (Å²) in [6, 6.07) is 7.72. The minimum absolute atomic E-state index is 0.133. The van der Waals surface area contributed by atoms with Crippen LogP contribution in [0.3, 0.4) is 0 Å².